The summed E-state index contributed by atoms with van der Waals surface area (Å²) < 4.78 is 0. The van der Waals surface area contributed by atoms with E-state index in [4.69, 9.17) is 4.79 Å². The second-order valence-corrected chi connectivity index (χ2v) is 0.371. The summed E-state index contributed by atoms with van der Waals surface area (Å²) in [4.78, 5) is 9.03. The van der Waals surface area contributed by atoms with Crippen LogP contribution in [0.3, 0.4) is 0 Å². The number of rotatable bonds is 0. The van der Waals surface area contributed by atoms with E-state index in [2.05, 4.69) is 6.42 Å². The first-order chi connectivity index (χ1) is 2.41. The number of allylic oxidation sites excluding steroid dienone is 1. The van der Waals surface area contributed by atoms with Gasteiger partial charge in [0, 0.05) is 5.94 Å². The molecule has 0 amide bonds. The van der Waals surface area contributed by atoms with Crippen molar-refractivity contribution in [1.82, 2.24) is 0 Å². The van der Waals surface area contributed by atoms with E-state index in [1.807, 2.05) is 12.0 Å². The lowest BCUT2D eigenvalue weighted by molar-refractivity contribution is 0.568. The van der Waals surface area contributed by atoms with Gasteiger partial charge in [0.15, 0.2) is 0 Å². The molecule has 0 spiro atoms. The van der Waals surface area contributed by atoms with Crippen molar-refractivity contribution in [3.8, 4) is 12.3 Å². The van der Waals surface area contributed by atoms with E-state index in [1.54, 1.807) is 0 Å². The van der Waals surface area contributed by atoms with Crippen LogP contribution in [0, 0.1) is 18.4 Å². The smallest absolute Gasteiger partial charge is 0.0230 e. The predicted octanol–water partition coefficient (Wildman–Crippen LogP) is -0.189. The molecule has 0 aliphatic rings. The Bertz CT molecular complexity index is 90.7. The molecular formula is C4HO-. The van der Waals surface area contributed by atoms with Gasteiger partial charge in [0.05, 0.1) is 0 Å². The molecule has 0 aromatic heterocycles. The molecule has 5 heavy (non-hydrogen) atoms. The summed E-state index contributed by atoms with van der Waals surface area (Å²) >= 11 is 0. The van der Waals surface area contributed by atoms with Gasteiger partial charge in [0.2, 0.25) is 0 Å². The fraction of sp³-hybridized carbons (Fsp3) is 0. The average Bonchev–Trinajstić information content (AvgIpc) is 1.41. The largest absolute Gasteiger partial charge is 0.345 e. The lowest BCUT2D eigenvalue weighted by Crippen LogP contribution is -1.42. The van der Waals surface area contributed by atoms with E-state index in [0.29, 0.717) is 0 Å². The third-order valence-corrected chi connectivity index (χ3v) is 0.123. The van der Waals surface area contributed by atoms with E-state index in [1.165, 1.54) is 5.94 Å². The summed E-state index contributed by atoms with van der Waals surface area (Å²) in [5, 5.41) is 0. The maximum Gasteiger partial charge on any atom is 0.0230 e. The molecule has 0 aliphatic heterocycles. The van der Waals surface area contributed by atoms with Gasteiger partial charge in [-0.05, 0) is 0 Å². The predicted molar refractivity (Wildman–Crippen MR) is 17.8 cm³/mol. The molecule has 0 saturated carbocycles. The van der Waals surface area contributed by atoms with E-state index < -0.39 is 0 Å². The summed E-state index contributed by atoms with van der Waals surface area (Å²) in [6.45, 7) is 0. The Morgan fingerprint density at radius 1 is 1.80 bits per heavy atom. The third kappa shape index (κ3) is 3.01. The van der Waals surface area contributed by atoms with Crippen LogP contribution >= 0.6 is 0 Å². The Labute approximate surface area is 30.3 Å². The molecule has 0 atom stereocenters. The lowest BCUT2D eigenvalue weighted by Gasteiger charge is -1.55. The summed E-state index contributed by atoms with van der Waals surface area (Å²) in [7, 11) is 0. The molecular weight excluding hydrogens is 64.0 g/mol. The van der Waals surface area contributed by atoms with Gasteiger partial charge in [-0.3, -0.25) is 10.7 Å². The first-order valence-corrected chi connectivity index (χ1v) is 0.993. The Kier molecular flexibility index (Phi) is 2.41. The fourth-order valence-corrected chi connectivity index (χ4v) is 0.0295. The number of hydrogen-bond donors (Lipinski definition) is 0. The molecule has 0 rings (SSSR count). The number of carbonyl (C=O) groups excluding carboxylic acids is 1. The SMILES string of the molecule is C#C[C-]=C=O. The minimum absolute atomic E-state index is 1.28. The van der Waals surface area contributed by atoms with Gasteiger partial charge in [-0.25, -0.2) is 0 Å². The van der Waals surface area contributed by atoms with Crippen molar-refractivity contribution in [2.75, 3.05) is 0 Å². The standard InChI is InChI=1S/C4HO/c1-2-3-4-5/h1H/q-1. The van der Waals surface area contributed by atoms with Crippen molar-refractivity contribution in [2.24, 2.45) is 0 Å². The topological polar surface area (TPSA) is 17.1 Å². The lowest BCUT2D eigenvalue weighted by atomic mass is 10.7. The number of terminal acetylenes is 1. The molecule has 0 heterocycles. The minimum atomic E-state index is 1.28. The molecule has 1 nitrogen and oxygen atoms in total. The Morgan fingerprint density at radius 3 is 2.40 bits per heavy atom. The Morgan fingerprint density at radius 2 is 2.40 bits per heavy atom. The third-order valence-electron chi connectivity index (χ3n) is 0.123. The van der Waals surface area contributed by atoms with Crippen LogP contribution < -0.4 is 0 Å². The van der Waals surface area contributed by atoms with Crippen LogP contribution in [-0.2, 0) is 4.79 Å². The molecule has 0 fully saturated rings. The van der Waals surface area contributed by atoms with Crippen LogP contribution in [0.1, 0.15) is 0 Å². The highest BCUT2D eigenvalue weighted by Gasteiger charge is 1.23. The number of hydrogen-bond acceptors (Lipinski definition) is 1. The summed E-state index contributed by atoms with van der Waals surface area (Å²) in [5.41, 5.74) is 0. The average molecular weight is 65.1 g/mol. The Hall–Kier alpha value is -0.990. The molecule has 0 saturated heterocycles. The van der Waals surface area contributed by atoms with Crippen molar-refractivity contribution in [3.63, 3.8) is 0 Å². The zero-order valence-corrected chi connectivity index (χ0v) is 2.49. The van der Waals surface area contributed by atoms with Gasteiger partial charge in [-0.2, -0.15) is 0 Å². The van der Waals surface area contributed by atoms with Gasteiger partial charge >= 0.3 is 0 Å². The summed E-state index contributed by atoms with van der Waals surface area (Å²) in [6.07, 6.45) is 6.35. The molecule has 0 radical (unpaired) electrons. The van der Waals surface area contributed by atoms with Crippen LogP contribution in [0.2, 0.25) is 0 Å². The molecule has 0 aliphatic carbocycles. The molecule has 0 aromatic rings. The fourth-order valence-electron chi connectivity index (χ4n) is 0.0295. The summed E-state index contributed by atoms with van der Waals surface area (Å²) in [5.74, 6) is 3.12. The van der Waals surface area contributed by atoms with E-state index >= 15 is 0 Å². The molecule has 0 aromatic carbocycles. The maximum absolute atomic E-state index is 9.03. The van der Waals surface area contributed by atoms with Gasteiger partial charge in [-0.15, -0.1) is 6.08 Å². The van der Waals surface area contributed by atoms with Crippen LogP contribution in [-0.4, -0.2) is 5.94 Å². The van der Waals surface area contributed by atoms with Gasteiger partial charge in [0.1, 0.15) is 0 Å². The second kappa shape index (κ2) is 3.01. The van der Waals surface area contributed by atoms with Crippen molar-refractivity contribution < 1.29 is 4.79 Å². The quantitative estimate of drug-likeness (QED) is 0.217. The van der Waals surface area contributed by atoms with E-state index in [9.17, 15) is 0 Å². The molecule has 0 bridgehead atoms. The first-order valence-electron chi connectivity index (χ1n) is 0.993. The van der Waals surface area contributed by atoms with E-state index in [-0.39, 0.29) is 0 Å². The van der Waals surface area contributed by atoms with Crippen LogP contribution in [0.25, 0.3) is 0 Å². The maximum atomic E-state index is 9.03. The first kappa shape index (κ1) is 4.01. The van der Waals surface area contributed by atoms with Gasteiger partial charge < -0.3 is 6.42 Å². The van der Waals surface area contributed by atoms with Gasteiger partial charge in [-0.1, -0.05) is 0 Å². The highest BCUT2D eigenvalue weighted by atomic mass is 16.1. The van der Waals surface area contributed by atoms with Gasteiger partial charge in [0.25, 0.3) is 0 Å². The normalized spacial score (nSPS) is 3.80. The van der Waals surface area contributed by atoms with Crippen molar-refractivity contribution in [3.05, 3.63) is 6.08 Å². The molecule has 24 valence electrons. The van der Waals surface area contributed by atoms with Crippen molar-refractivity contribution in [1.29, 1.82) is 0 Å². The Balaban J connectivity index is 3.46. The minimum Gasteiger partial charge on any atom is -0.345 e. The monoisotopic (exact) mass is 65.0 g/mol. The second-order valence-electron chi connectivity index (χ2n) is 0.371. The van der Waals surface area contributed by atoms with E-state index in [0.717, 1.165) is 0 Å². The highest BCUT2D eigenvalue weighted by molar-refractivity contribution is 5.45. The van der Waals surface area contributed by atoms with Crippen molar-refractivity contribution in [2.45, 2.75) is 0 Å². The van der Waals surface area contributed by atoms with Crippen molar-refractivity contribution >= 4 is 5.94 Å². The zero-order chi connectivity index (χ0) is 4.12. The highest BCUT2D eigenvalue weighted by Crippen LogP contribution is 1.36. The van der Waals surface area contributed by atoms with Crippen LogP contribution in [0.5, 0.6) is 0 Å². The van der Waals surface area contributed by atoms with Crippen LogP contribution in [0.15, 0.2) is 0 Å². The van der Waals surface area contributed by atoms with Crippen LogP contribution in [0.4, 0.5) is 0 Å². The zero-order valence-electron chi connectivity index (χ0n) is 2.49. The molecule has 0 unspecified atom stereocenters. The molecule has 1 heteroatoms. The molecule has 0 N–H and O–H groups in total. The summed E-state index contributed by atoms with van der Waals surface area (Å²) in [6, 6.07) is 0.